The van der Waals surface area contributed by atoms with Crippen LogP contribution >= 0.6 is 0 Å². The van der Waals surface area contributed by atoms with Crippen molar-refractivity contribution in [3.05, 3.63) is 70.9 Å². The Morgan fingerprint density at radius 2 is 1.87 bits per heavy atom. The molecule has 0 radical (unpaired) electrons. The van der Waals surface area contributed by atoms with E-state index in [-0.39, 0.29) is 7.43 Å². The van der Waals surface area contributed by atoms with Crippen molar-refractivity contribution in [2.45, 2.75) is 48.0 Å². The van der Waals surface area contributed by atoms with Gasteiger partial charge in [0.15, 0.2) is 0 Å². The van der Waals surface area contributed by atoms with Crippen LogP contribution in [-0.2, 0) is 4.74 Å². The molecule has 0 N–H and O–H groups in total. The Bertz CT molecular complexity index is 524. The van der Waals surface area contributed by atoms with E-state index in [9.17, 15) is 0 Å². The van der Waals surface area contributed by atoms with Crippen molar-refractivity contribution >= 4 is 0 Å². The van der Waals surface area contributed by atoms with Crippen molar-refractivity contribution in [2.75, 3.05) is 13.7 Å². The molecular weight excluding hydrogens is 280 g/mol. The first kappa shape index (κ1) is 21.4. The fraction of sp³-hybridized carbons (Fsp3) is 0.455. The Hall–Kier alpha value is -1.60. The van der Waals surface area contributed by atoms with Gasteiger partial charge in [0.1, 0.15) is 0 Å². The fourth-order valence-electron chi connectivity index (χ4n) is 2.53. The molecule has 1 nitrogen and oxygen atoms in total. The minimum Gasteiger partial charge on any atom is -0.381 e. The average Bonchev–Trinajstić information content (AvgIpc) is 2.51. The summed E-state index contributed by atoms with van der Waals surface area (Å²) in [7, 11) is 1.71. The zero-order chi connectivity index (χ0) is 16.4. The molecule has 0 aromatic rings. The predicted molar refractivity (Wildman–Crippen MR) is 105 cm³/mol. The maximum atomic E-state index is 5.00. The predicted octanol–water partition coefficient (Wildman–Crippen LogP) is 6.58. The third kappa shape index (κ3) is 7.99. The van der Waals surface area contributed by atoms with Crippen LogP contribution in [0, 0.1) is 5.92 Å². The van der Waals surface area contributed by atoms with Crippen molar-refractivity contribution < 1.29 is 4.74 Å². The van der Waals surface area contributed by atoms with Crippen LogP contribution in [0.2, 0.25) is 0 Å². The molecule has 0 amide bonds. The monoisotopic (exact) mass is 314 g/mol. The maximum absolute atomic E-state index is 5.00. The smallest absolute Gasteiger partial charge is 0.0646 e. The zero-order valence-electron chi connectivity index (χ0n) is 14.7. The van der Waals surface area contributed by atoms with E-state index in [1.54, 1.807) is 7.11 Å². The van der Waals surface area contributed by atoms with E-state index in [2.05, 4.69) is 70.2 Å². The molecular formula is C22H34O. The number of rotatable bonds is 7. The maximum Gasteiger partial charge on any atom is 0.0646 e. The molecule has 1 aliphatic rings. The fourth-order valence-corrected chi connectivity index (χ4v) is 2.53. The summed E-state index contributed by atoms with van der Waals surface area (Å²) < 4.78 is 5.00. The van der Waals surface area contributed by atoms with E-state index in [4.69, 9.17) is 4.74 Å². The second-order valence-electron chi connectivity index (χ2n) is 5.89. The molecule has 0 aliphatic heterocycles. The summed E-state index contributed by atoms with van der Waals surface area (Å²) in [6, 6.07) is 0. The van der Waals surface area contributed by atoms with Gasteiger partial charge in [0.2, 0.25) is 0 Å². The number of allylic oxidation sites excluding steroid dienone is 11. The summed E-state index contributed by atoms with van der Waals surface area (Å²) in [5, 5.41) is 0. The van der Waals surface area contributed by atoms with Gasteiger partial charge in [0.25, 0.3) is 0 Å². The molecule has 0 fully saturated rings. The largest absolute Gasteiger partial charge is 0.381 e. The molecule has 0 bridgehead atoms. The Morgan fingerprint density at radius 1 is 1.22 bits per heavy atom. The van der Waals surface area contributed by atoms with Crippen LogP contribution in [0.4, 0.5) is 0 Å². The first-order valence-corrected chi connectivity index (χ1v) is 8.14. The number of hydrogen-bond donors (Lipinski definition) is 0. The number of ether oxygens (including phenoxy) is 1. The van der Waals surface area contributed by atoms with Crippen LogP contribution in [0.15, 0.2) is 70.9 Å². The summed E-state index contributed by atoms with van der Waals surface area (Å²) in [5.74, 6) is 0.670. The topological polar surface area (TPSA) is 9.23 Å². The zero-order valence-corrected chi connectivity index (χ0v) is 14.7. The van der Waals surface area contributed by atoms with Gasteiger partial charge >= 0.3 is 0 Å². The standard InChI is InChI=1S/C21H30O.CH4/c1-6-20-11-7-10-19(4)21(20)15-14-18(3)13-12-17(2)9-8-16-22-5;/h7-10,12-15,20H,6,11,16H2,1-5H3;1H4. The van der Waals surface area contributed by atoms with Gasteiger partial charge in [-0.2, -0.15) is 0 Å². The van der Waals surface area contributed by atoms with E-state index in [0.29, 0.717) is 12.5 Å². The van der Waals surface area contributed by atoms with Crippen LogP contribution in [0.5, 0.6) is 0 Å². The van der Waals surface area contributed by atoms with Crippen LogP contribution in [0.3, 0.4) is 0 Å². The second-order valence-corrected chi connectivity index (χ2v) is 5.89. The Balaban J connectivity index is 0.00000484. The summed E-state index contributed by atoms with van der Waals surface area (Å²) in [6.07, 6.45) is 19.8. The summed E-state index contributed by atoms with van der Waals surface area (Å²) in [4.78, 5) is 0. The number of hydrogen-bond acceptors (Lipinski definition) is 1. The summed E-state index contributed by atoms with van der Waals surface area (Å²) in [6.45, 7) is 9.39. The van der Waals surface area contributed by atoms with Crippen molar-refractivity contribution in [3.63, 3.8) is 0 Å². The van der Waals surface area contributed by atoms with Crippen LogP contribution in [0.25, 0.3) is 0 Å². The molecule has 1 rings (SSSR count). The molecule has 0 aromatic carbocycles. The number of methoxy groups -OCH3 is 1. The second kappa shape index (κ2) is 11.9. The Kier molecular flexibility index (Phi) is 11.1. The van der Waals surface area contributed by atoms with Crippen LogP contribution in [-0.4, -0.2) is 13.7 Å². The first-order chi connectivity index (χ1) is 10.6. The third-order valence-electron chi connectivity index (χ3n) is 3.95. The minimum absolute atomic E-state index is 0. The molecule has 1 atom stereocenters. The third-order valence-corrected chi connectivity index (χ3v) is 3.95. The lowest BCUT2D eigenvalue weighted by molar-refractivity contribution is 0.234. The van der Waals surface area contributed by atoms with E-state index in [1.165, 1.54) is 35.1 Å². The molecule has 128 valence electrons. The van der Waals surface area contributed by atoms with Gasteiger partial charge in [-0.1, -0.05) is 74.1 Å². The molecule has 23 heavy (non-hydrogen) atoms. The van der Waals surface area contributed by atoms with Gasteiger partial charge in [0, 0.05) is 7.11 Å². The first-order valence-electron chi connectivity index (χ1n) is 8.14. The highest BCUT2D eigenvalue weighted by atomic mass is 16.5. The summed E-state index contributed by atoms with van der Waals surface area (Å²) in [5.41, 5.74) is 5.38. The minimum atomic E-state index is 0. The molecule has 1 heteroatoms. The van der Waals surface area contributed by atoms with Crippen LogP contribution < -0.4 is 0 Å². The lowest BCUT2D eigenvalue weighted by Crippen LogP contribution is -2.05. The SMILES string of the molecule is C.CCC1CC=CC(C)=C1C=CC(C)=CC=C(C)C=CCOC. The van der Waals surface area contributed by atoms with E-state index < -0.39 is 0 Å². The highest BCUT2D eigenvalue weighted by molar-refractivity contribution is 5.40. The van der Waals surface area contributed by atoms with E-state index in [0.717, 1.165) is 0 Å². The van der Waals surface area contributed by atoms with Gasteiger partial charge in [0.05, 0.1) is 6.61 Å². The lowest BCUT2D eigenvalue weighted by atomic mass is 9.85. The molecule has 0 saturated carbocycles. The van der Waals surface area contributed by atoms with Gasteiger partial charge in [-0.15, -0.1) is 0 Å². The molecule has 1 aliphatic carbocycles. The Labute approximate surface area is 143 Å². The highest BCUT2D eigenvalue weighted by Gasteiger charge is 2.13. The quantitative estimate of drug-likeness (QED) is 0.482. The van der Waals surface area contributed by atoms with Crippen molar-refractivity contribution in [1.82, 2.24) is 0 Å². The molecule has 0 spiro atoms. The van der Waals surface area contributed by atoms with Gasteiger partial charge in [-0.25, -0.2) is 0 Å². The van der Waals surface area contributed by atoms with Gasteiger partial charge in [-0.3, -0.25) is 0 Å². The van der Waals surface area contributed by atoms with Gasteiger partial charge < -0.3 is 4.74 Å². The molecule has 0 heterocycles. The lowest BCUT2D eigenvalue weighted by Gasteiger charge is -2.20. The Morgan fingerprint density at radius 3 is 2.48 bits per heavy atom. The van der Waals surface area contributed by atoms with E-state index in [1.807, 2.05) is 6.08 Å². The molecule has 0 aromatic heterocycles. The van der Waals surface area contributed by atoms with Gasteiger partial charge in [-0.05, 0) is 50.7 Å². The summed E-state index contributed by atoms with van der Waals surface area (Å²) >= 11 is 0. The van der Waals surface area contributed by atoms with Crippen molar-refractivity contribution in [3.8, 4) is 0 Å². The normalized spacial score (nSPS) is 19.8. The van der Waals surface area contributed by atoms with Crippen molar-refractivity contribution in [2.24, 2.45) is 5.92 Å². The molecule has 1 unspecified atom stereocenters. The molecule has 0 saturated heterocycles. The average molecular weight is 315 g/mol. The highest BCUT2D eigenvalue weighted by Crippen LogP contribution is 2.29. The van der Waals surface area contributed by atoms with Crippen LogP contribution in [0.1, 0.15) is 48.0 Å². The van der Waals surface area contributed by atoms with E-state index >= 15 is 0 Å². The van der Waals surface area contributed by atoms with Crippen molar-refractivity contribution in [1.29, 1.82) is 0 Å².